The van der Waals surface area contributed by atoms with Crippen LogP contribution in [0.5, 0.6) is 0 Å². The second-order valence-electron chi connectivity index (χ2n) is 3.84. The Labute approximate surface area is 79.0 Å². The molecule has 0 aliphatic rings. The minimum absolute atomic E-state index is 0.215. The lowest BCUT2D eigenvalue weighted by atomic mass is 9.87. The molecule has 0 aromatic heterocycles. The second kappa shape index (κ2) is 5.19. The van der Waals surface area contributed by atoms with Gasteiger partial charge in [0.05, 0.1) is 6.61 Å². The van der Waals surface area contributed by atoms with Crippen molar-refractivity contribution >= 4 is 5.91 Å². The zero-order valence-electron chi connectivity index (χ0n) is 8.50. The summed E-state index contributed by atoms with van der Waals surface area (Å²) in [6.45, 7) is 5.56. The van der Waals surface area contributed by atoms with Crippen LogP contribution in [0.25, 0.3) is 0 Å². The Bertz CT molecular complexity index is 168. The van der Waals surface area contributed by atoms with E-state index in [1.165, 1.54) is 0 Å². The summed E-state index contributed by atoms with van der Waals surface area (Å²) in [6, 6.07) is 0. The van der Waals surface area contributed by atoms with Crippen molar-refractivity contribution in [3.63, 3.8) is 0 Å². The van der Waals surface area contributed by atoms with Gasteiger partial charge in [-0.2, -0.15) is 0 Å². The molecule has 4 nitrogen and oxygen atoms in total. The van der Waals surface area contributed by atoms with E-state index in [-0.39, 0.29) is 6.61 Å². The van der Waals surface area contributed by atoms with Crippen LogP contribution in [0.15, 0.2) is 0 Å². The van der Waals surface area contributed by atoms with Gasteiger partial charge in [0, 0.05) is 12.0 Å². The van der Waals surface area contributed by atoms with Gasteiger partial charge in [-0.15, -0.1) is 0 Å². The Kier molecular flexibility index (Phi) is 4.95. The molecule has 4 heteroatoms. The molecule has 0 radical (unpaired) electrons. The average Bonchev–Trinajstić information content (AvgIpc) is 2.12. The third kappa shape index (κ3) is 3.74. The predicted octanol–water partition coefficient (Wildman–Crippen LogP) is -0.108. The molecule has 1 atom stereocenters. The number of amides is 1. The highest BCUT2D eigenvalue weighted by molar-refractivity contribution is 5.81. The van der Waals surface area contributed by atoms with Crippen LogP contribution in [0.2, 0.25) is 0 Å². The molecule has 13 heavy (non-hydrogen) atoms. The fraction of sp³-hybridized carbons (Fsp3) is 0.889. The van der Waals surface area contributed by atoms with Crippen LogP contribution in [0, 0.1) is 5.41 Å². The van der Waals surface area contributed by atoms with Crippen molar-refractivity contribution in [1.82, 2.24) is 5.32 Å². The maximum atomic E-state index is 11.2. The molecule has 0 aromatic rings. The van der Waals surface area contributed by atoms with Crippen molar-refractivity contribution < 1.29 is 15.0 Å². The largest absolute Gasteiger partial charge is 0.396 e. The summed E-state index contributed by atoms with van der Waals surface area (Å²) in [7, 11) is 0. The fourth-order valence-corrected chi connectivity index (χ4v) is 0.786. The molecule has 0 spiro atoms. The van der Waals surface area contributed by atoms with Crippen LogP contribution in [0.1, 0.15) is 27.2 Å². The van der Waals surface area contributed by atoms with Gasteiger partial charge in [0.25, 0.3) is 0 Å². The molecule has 0 aliphatic heterocycles. The molecule has 0 saturated carbocycles. The fourth-order valence-electron chi connectivity index (χ4n) is 0.786. The zero-order chi connectivity index (χ0) is 10.5. The van der Waals surface area contributed by atoms with Crippen LogP contribution in [-0.4, -0.2) is 35.4 Å². The van der Waals surface area contributed by atoms with E-state index in [0.29, 0.717) is 6.54 Å². The van der Waals surface area contributed by atoms with E-state index in [0.717, 1.165) is 6.42 Å². The summed E-state index contributed by atoms with van der Waals surface area (Å²) in [4.78, 5) is 11.2. The number of aliphatic hydroxyl groups is 2. The Morgan fingerprint density at radius 3 is 2.46 bits per heavy atom. The molecule has 3 N–H and O–H groups in total. The van der Waals surface area contributed by atoms with Crippen molar-refractivity contribution in [3.8, 4) is 0 Å². The van der Waals surface area contributed by atoms with E-state index in [2.05, 4.69) is 5.32 Å². The van der Waals surface area contributed by atoms with Gasteiger partial charge in [-0.3, -0.25) is 4.79 Å². The lowest BCUT2D eigenvalue weighted by molar-refractivity contribution is -0.137. The van der Waals surface area contributed by atoms with Crippen molar-refractivity contribution in [2.24, 2.45) is 5.41 Å². The molecule has 0 bridgehead atoms. The van der Waals surface area contributed by atoms with E-state index < -0.39 is 17.4 Å². The molecule has 0 aliphatic carbocycles. The summed E-state index contributed by atoms with van der Waals surface area (Å²) in [5.41, 5.74) is -0.780. The van der Waals surface area contributed by atoms with Crippen molar-refractivity contribution in [3.05, 3.63) is 0 Å². The van der Waals surface area contributed by atoms with Crippen molar-refractivity contribution in [1.29, 1.82) is 0 Å². The molecular weight excluding hydrogens is 170 g/mol. The lowest BCUT2D eigenvalue weighted by Gasteiger charge is -2.26. The summed E-state index contributed by atoms with van der Waals surface area (Å²) in [5, 5.41) is 21.0. The highest BCUT2D eigenvalue weighted by Crippen LogP contribution is 2.19. The standard InChI is InChI=1S/C9H19NO3/c1-4-5-10-8(13)7(12)9(2,3)6-11/h7,11-12H,4-6H2,1-3H3,(H,10,13)/t7-/m0/s1. The molecule has 0 heterocycles. The molecule has 1 amide bonds. The van der Waals surface area contributed by atoms with Gasteiger partial charge >= 0.3 is 0 Å². The van der Waals surface area contributed by atoms with E-state index in [1.807, 2.05) is 6.92 Å². The third-order valence-corrected chi connectivity index (χ3v) is 1.95. The SMILES string of the molecule is CCCNC(=O)[C@H](O)C(C)(C)CO. The molecular formula is C9H19NO3. The number of hydrogen-bond donors (Lipinski definition) is 3. The number of carbonyl (C=O) groups is 1. The van der Waals surface area contributed by atoms with Crippen LogP contribution in [0.3, 0.4) is 0 Å². The molecule has 0 aromatic carbocycles. The quantitative estimate of drug-likeness (QED) is 0.565. The minimum atomic E-state index is -1.15. The smallest absolute Gasteiger partial charge is 0.249 e. The first-order valence-electron chi connectivity index (χ1n) is 4.52. The van der Waals surface area contributed by atoms with E-state index >= 15 is 0 Å². The summed E-state index contributed by atoms with van der Waals surface area (Å²) < 4.78 is 0. The van der Waals surface area contributed by atoms with Crippen LogP contribution < -0.4 is 5.32 Å². The van der Waals surface area contributed by atoms with Gasteiger partial charge in [0.2, 0.25) is 5.91 Å². The topological polar surface area (TPSA) is 69.6 Å². The first kappa shape index (κ1) is 12.4. The maximum absolute atomic E-state index is 11.2. The van der Waals surface area contributed by atoms with Crippen LogP contribution in [0.4, 0.5) is 0 Å². The number of aliphatic hydroxyl groups excluding tert-OH is 2. The molecule has 0 unspecified atom stereocenters. The minimum Gasteiger partial charge on any atom is -0.396 e. The Morgan fingerprint density at radius 2 is 2.08 bits per heavy atom. The first-order valence-corrected chi connectivity index (χ1v) is 4.52. The Morgan fingerprint density at radius 1 is 1.54 bits per heavy atom. The number of rotatable bonds is 5. The average molecular weight is 189 g/mol. The number of hydrogen-bond acceptors (Lipinski definition) is 3. The normalized spacial score (nSPS) is 13.9. The lowest BCUT2D eigenvalue weighted by Crippen LogP contribution is -2.45. The second-order valence-corrected chi connectivity index (χ2v) is 3.84. The van der Waals surface area contributed by atoms with E-state index in [4.69, 9.17) is 5.11 Å². The van der Waals surface area contributed by atoms with Crippen LogP contribution in [-0.2, 0) is 4.79 Å². The highest BCUT2D eigenvalue weighted by Gasteiger charge is 2.32. The summed E-state index contributed by atoms with van der Waals surface area (Å²) >= 11 is 0. The van der Waals surface area contributed by atoms with Gasteiger partial charge in [-0.05, 0) is 6.42 Å². The molecule has 0 rings (SSSR count). The molecule has 0 saturated heterocycles. The molecule has 78 valence electrons. The van der Waals surface area contributed by atoms with Gasteiger partial charge < -0.3 is 15.5 Å². The van der Waals surface area contributed by atoms with Crippen molar-refractivity contribution in [2.75, 3.05) is 13.2 Å². The van der Waals surface area contributed by atoms with Gasteiger partial charge in [0.1, 0.15) is 6.10 Å². The van der Waals surface area contributed by atoms with Crippen molar-refractivity contribution in [2.45, 2.75) is 33.3 Å². The number of nitrogens with one attached hydrogen (secondary N) is 1. The monoisotopic (exact) mass is 189 g/mol. The predicted molar refractivity (Wildman–Crippen MR) is 50.2 cm³/mol. The van der Waals surface area contributed by atoms with E-state index in [9.17, 15) is 9.90 Å². The van der Waals surface area contributed by atoms with Gasteiger partial charge in [0.15, 0.2) is 0 Å². The Hall–Kier alpha value is -0.610. The maximum Gasteiger partial charge on any atom is 0.249 e. The summed E-state index contributed by atoms with van der Waals surface area (Å²) in [6.07, 6.45) is -0.318. The molecule has 0 fully saturated rings. The van der Waals surface area contributed by atoms with Gasteiger partial charge in [-0.1, -0.05) is 20.8 Å². The van der Waals surface area contributed by atoms with E-state index in [1.54, 1.807) is 13.8 Å². The van der Waals surface area contributed by atoms with Crippen LogP contribution >= 0.6 is 0 Å². The zero-order valence-corrected chi connectivity index (χ0v) is 8.50. The van der Waals surface area contributed by atoms with Gasteiger partial charge in [-0.25, -0.2) is 0 Å². The Balaban J connectivity index is 4.09. The highest BCUT2D eigenvalue weighted by atomic mass is 16.3. The number of carbonyl (C=O) groups excluding carboxylic acids is 1. The third-order valence-electron chi connectivity index (χ3n) is 1.95. The summed E-state index contributed by atoms with van der Waals surface area (Å²) in [5.74, 6) is -0.416. The first-order chi connectivity index (χ1) is 5.95.